The molecule has 0 radical (unpaired) electrons. The number of benzene rings is 2. The molecule has 1 aliphatic heterocycles. The summed E-state index contributed by atoms with van der Waals surface area (Å²) in [5, 5.41) is 6.13. The first-order valence-electron chi connectivity index (χ1n) is 12.8. The van der Waals surface area contributed by atoms with Crippen molar-refractivity contribution in [1.29, 1.82) is 0 Å². The van der Waals surface area contributed by atoms with Crippen molar-refractivity contribution in [3.8, 4) is 23.0 Å². The summed E-state index contributed by atoms with van der Waals surface area (Å²) in [6.45, 7) is 2.23. The zero-order valence-corrected chi connectivity index (χ0v) is 22.9. The Kier molecular flexibility index (Phi) is 9.08. The van der Waals surface area contributed by atoms with E-state index < -0.39 is 6.11 Å². The normalized spacial score (nSPS) is 15.2. The van der Waals surface area contributed by atoms with E-state index in [-0.39, 0.29) is 24.1 Å². The quantitative estimate of drug-likeness (QED) is 0.345. The van der Waals surface area contributed by atoms with Gasteiger partial charge in [-0.05, 0) is 36.6 Å². The third-order valence-electron chi connectivity index (χ3n) is 6.37. The van der Waals surface area contributed by atoms with Crippen molar-refractivity contribution in [2.45, 2.75) is 32.4 Å². The van der Waals surface area contributed by atoms with E-state index in [0.717, 1.165) is 24.9 Å². The van der Waals surface area contributed by atoms with Crippen molar-refractivity contribution in [2.24, 2.45) is 5.92 Å². The lowest BCUT2D eigenvalue weighted by molar-refractivity contribution is -0.158. The molecule has 0 spiro atoms. The van der Waals surface area contributed by atoms with Gasteiger partial charge in [-0.1, -0.05) is 12.1 Å². The number of piperidine rings is 1. The molecule has 0 bridgehead atoms. The van der Waals surface area contributed by atoms with Gasteiger partial charge in [0.2, 0.25) is 17.6 Å². The first kappa shape index (κ1) is 28.7. The second kappa shape index (κ2) is 12.7. The summed E-state index contributed by atoms with van der Waals surface area (Å²) in [7, 11) is 4.63. The van der Waals surface area contributed by atoms with Crippen molar-refractivity contribution in [3.05, 3.63) is 54.2 Å². The number of aromatic nitrogens is 2. The molecule has 40 heavy (non-hydrogen) atoms. The highest BCUT2D eigenvalue weighted by molar-refractivity contribution is 5.79. The second-order valence-corrected chi connectivity index (χ2v) is 9.33. The largest absolute Gasteiger partial charge is 0.493 e. The molecule has 2 N–H and O–H groups in total. The van der Waals surface area contributed by atoms with Crippen LogP contribution in [0.2, 0.25) is 0 Å². The molecule has 1 aromatic heterocycles. The fourth-order valence-corrected chi connectivity index (χ4v) is 4.48. The van der Waals surface area contributed by atoms with E-state index in [0.29, 0.717) is 48.2 Å². The van der Waals surface area contributed by atoms with Crippen LogP contribution in [0.4, 0.5) is 26.2 Å². The lowest BCUT2D eigenvalue weighted by Crippen LogP contribution is -2.43. The van der Waals surface area contributed by atoms with Gasteiger partial charge in [0.25, 0.3) is 0 Å². The smallest absolute Gasteiger partial charge is 0.394 e. The molecule has 1 atom stereocenters. The van der Waals surface area contributed by atoms with E-state index in [1.807, 2.05) is 6.07 Å². The molecule has 3 aromatic rings. The molecule has 0 saturated carbocycles. The predicted molar refractivity (Wildman–Crippen MR) is 146 cm³/mol. The highest BCUT2D eigenvalue weighted by atomic mass is 19.3. The molecule has 10 nitrogen and oxygen atoms in total. The summed E-state index contributed by atoms with van der Waals surface area (Å²) < 4.78 is 46.8. The Balaban J connectivity index is 1.37. The summed E-state index contributed by atoms with van der Waals surface area (Å²) in [5.41, 5.74) is 1.44. The molecule has 1 saturated heterocycles. The van der Waals surface area contributed by atoms with Gasteiger partial charge < -0.3 is 34.5 Å². The van der Waals surface area contributed by atoms with Gasteiger partial charge in [0, 0.05) is 50.6 Å². The van der Waals surface area contributed by atoms with Crippen LogP contribution in [0, 0.1) is 5.92 Å². The van der Waals surface area contributed by atoms with Crippen molar-refractivity contribution < 1.29 is 32.5 Å². The zero-order valence-electron chi connectivity index (χ0n) is 22.9. The maximum atomic E-state index is 13.0. The topological polar surface area (TPSA) is 107 Å². The molecule has 214 valence electrons. The summed E-state index contributed by atoms with van der Waals surface area (Å²) in [6, 6.07) is 11.6. The number of carbonyl (C=O) groups excluding carboxylic acids is 1. The number of ether oxygens (including phenoxy) is 4. The van der Waals surface area contributed by atoms with Crippen LogP contribution in [0.25, 0.3) is 0 Å². The number of hydrogen-bond acceptors (Lipinski definition) is 9. The van der Waals surface area contributed by atoms with Crippen LogP contribution < -0.4 is 34.5 Å². The third-order valence-corrected chi connectivity index (χ3v) is 6.37. The Morgan fingerprint density at radius 2 is 1.77 bits per heavy atom. The Hall–Kier alpha value is -4.35. The van der Waals surface area contributed by atoms with E-state index >= 15 is 0 Å². The number of amides is 1. The van der Waals surface area contributed by atoms with Crippen LogP contribution in [0.1, 0.15) is 25.3 Å². The van der Waals surface area contributed by atoms with E-state index in [2.05, 4.69) is 30.2 Å². The summed E-state index contributed by atoms with van der Waals surface area (Å²) >= 11 is 0. The molecule has 1 aliphatic rings. The molecule has 0 unspecified atom stereocenters. The van der Waals surface area contributed by atoms with Gasteiger partial charge in [-0.25, -0.2) is 4.98 Å². The van der Waals surface area contributed by atoms with Gasteiger partial charge in [0.1, 0.15) is 11.6 Å². The molecule has 1 amide bonds. The number of halogens is 2. The van der Waals surface area contributed by atoms with E-state index in [4.69, 9.17) is 14.2 Å². The zero-order chi connectivity index (χ0) is 28.7. The summed E-state index contributed by atoms with van der Waals surface area (Å²) in [5.74, 6) is 2.32. The van der Waals surface area contributed by atoms with Crippen LogP contribution in [0.15, 0.2) is 48.7 Å². The van der Waals surface area contributed by atoms with Crippen molar-refractivity contribution in [3.63, 3.8) is 0 Å². The Labute approximate surface area is 231 Å². The maximum absolute atomic E-state index is 13.0. The average molecular weight is 558 g/mol. The number of hydrogen-bond donors (Lipinski definition) is 2. The van der Waals surface area contributed by atoms with Crippen LogP contribution in [-0.4, -0.2) is 56.4 Å². The highest BCUT2D eigenvalue weighted by Crippen LogP contribution is 2.40. The Morgan fingerprint density at radius 3 is 2.40 bits per heavy atom. The molecule has 1 fully saturated rings. The molecular formula is C28H33F2N5O5. The number of nitrogens with one attached hydrogen (secondary N) is 2. The van der Waals surface area contributed by atoms with Crippen LogP contribution >= 0.6 is 0 Å². The first-order valence-corrected chi connectivity index (χ1v) is 12.8. The minimum absolute atomic E-state index is 0.0643. The standard InChI is InChI=1S/C28H33F2N5O5/c1-28(29,30)40-21-9-7-18(8-10-21)16-32-26(36)19-6-5-13-35(17-19)24-11-12-31-27(34-24)33-20-14-22(37-2)25(39-4)23(15-20)38-3/h7-12,14-15,19H,5-6,13,16-17H2,1-4H3,(H,32,36)(H,31,33,34)/t19-/m0/s1. The second-order valence-electron chi connectivity index (χ2n) is 9.33. The van der Waals surface area contributed by atoms with Gasteiger partial charge >= 0.3 is 6.11 Å². The van der Waals surface area contributed by atoms with E-state index in [9.17, 15) is 13.6 Å². The molecule has 4 rings (SSSR count). The highest BCUT2D eigenvalue weighted by Gasteiger charge is 2.27. The van der Waals surface area contributed by atoms with Crippen molar-refractivity contribution in [1.82, 2.24) is 15.3 Å². The summed E-state index contributed by atoms with van der Waals surface area (Å²) in [6.07, 6.45) is -0.00863. The fraction of sp³-hybridized carbons (Fsp3) is 0.393. The van der Waals surface area contributed by atoms with Gasteiger partial charge in [-0.2, -0.15) is 13.8 Å². The number of anilines is 3. The lowest BCUT2D eigenvalue weighted by Gasteiger charge is -2.33. The SMILES string of the molecule is COc1cc(Nc2nccc(N3CCC[C@H](C(=O)NCc4ccc(OC(C)(F)F)cc4)C3)n2)cc(OC)c1OC. The number of rotatable bonds is 11. The van der Waals surface area contributed by atoms with Gasteiger partial charge in [-0.15, -0.1) is 0 Å². The summed E-state index contributed by atoms with van der Waals surface area (Å²) in [4.78, 5) is 24.0. The number of alkyl halides is 2. The number of nitrogens with zero attached hydrogens (tertiary/aromatic N) is 3. The molecule has 2 heterocycles. The minimum Gasteiger partial charge on any atom is -0.493 e. The van der Waals surface area contributed by atoms with Gasteiger partial charge in [0.05, 0.1) is 27.2 Å². The van der Waals surface area contributed by atoms with Gasteiger partial charge in [0.15, 0.2) is 11.5 Å². The Morgan fingerprint density at radius 1 is 1.07 bits per heavy atom. The maximum Gasteiger partial charge on any atom is 0.394 e. The lowest BCUT2D eigenvalue weighted by atomic mass is 9.97. The molecule has 2 aromatic carbocycles. The van der Waals surface area contributed by atoms with E-state index in [1.165, 1.54) is 19.2 Å². The molecule has 12 heteroatoms. The monoisotopic (exact) mass is 557 g/mol. The number of methoxy groups -OCH3 is 3. The predicted octanol–water partition coefficient (Wildman–Crippen LogP) is 4.77. The fourth-order valence-electron chi connectivity index (χ4n) is 4.48. The Bertz CT molecular complexity index is 1280. The van der Waals surface area contributed by atoms with Crippen molar-refractivity contribution in [2.75, 3.05) is 44.6 Å². The third kappa shape index (κ3) is 7.39. The number of carbonyl (C=O) groups is 1. The van der Waals surface area contributed by atoms with Crippen LogP contribution in [0.5, 0.6) is 23.0 Å². The van der Waals surface area contributed by atoms with Crippen molar-refractivity contribution >= 4 is 23.4 Å². The first-order chi connectivity index (χ1) is 19.2. The van der Waals surface area contributed by atoms with Crippen LogP contribution in [0.3, 0.4) is 0 Å². The van der Waals surface area contributed by atoms with Crippen LogP contribution in [-0.2, 0) is 11.3 Å². The molecular weight excluding hydrogens is 524 g/mol. The molecule has 0 aliphatic carbocycles. The van der Waals surface area contributed by atoms with E-state index in [1.54, 1.807) is 44.7 Å². The average Bonchev–Trinajstić information content (AvgIpc) is 2.95. The van der Waals surface area contributed by atoms with Gasteiger partial charge in [-0.3, -0.25) is 4.79 Å². The minimum atomic E-state index is -3.25.